The van der Waals surface area contributed by atoms with E-state index in [9.17, 15) is 0 Å². The highest BCUT2D eigenvalue weighted by molar-refractivity contribution is 6.14. The molecule has 0 bridgehead atoms. The quantitative estimate of drug-likeness (QED) is 0.154. The molecular formula is C53H35N3. The van der Waals surface area contributed by atoms with Gasteiger partial charge in [-0.1, -0.05) is 182 Å². The monoisotopic (exact) mass is 713 g/mol. The predicted molar refractivity (Wildman–Crippen MR) is 233 cm³/mol. The molecule has 8 aromatic carbocycles. The summed E-state index contributed by atoms with van der Waals surface area (Å²) >= 11 is 0. The minimum Gasteiger partial charge on any atom is -0.248 e. The standard InChI is InChI=1S/C53H35N3/c1-5-14-36(15-6-1)42-22-13-23-45(33-42)51-35-50(40-20-11-4-12-21-40)55-53(56-51)41-26-24-37(25-27-41)43-28-30-46-44(32-43)29-31-48-52(46)47(38-16-7-2-8-17-38)34-49(54-48)39-18-9-3-10-19-39/h1-35H. The van der Waals surface area contributed by atoms with E-state index in [0.717, 1.165) is 66.9 Å². The van der Waals surface area contributed by atoms with Crippen LogP contribution < -0.4 is 0 Å². The summed E-state index contributed by atoms with van der Waals surface area (Å²) in [6.07, 6.45) is 0. The third kappa shape index (κ3) is 6.42. The molecule has 56 heavy (non-hydrogen) atoms. The Labute approximate surface area is 326 Å². The van der Waals surface area contributed by atoms with Gasteiger partial charge in [-0.3, -0.25) is 0 Å². The van der Waals surface area contributed by atoms with Crippen molar-refractivity contribution in [3.63, 3.8) is 0 Å². The van der Waals surface area contributed by atoms with Gasteiger partial charge in [0, 0.05) is 27.6 Å². The molecule has 3 nitrogen and oxygen atoms in total. The van der Waals surface area contributed by atoms with Crippen LogP contribution in [0.4, 0.5) is 0 Å². The molecule has 0 N–H and O–H groups in total. The number of hydrogen-bond acceptors (Lipinski definition) is 3. The molecule has 0 saturated carbocycles. The Balaban J connectivity index is 1.03. The van der Waals surface area contributed by atoms with Crippen molar-refractivity contribution in [2.75, 3.05) is 0 Å². The van der Waals surface area contributed by atoms with E-state index >= 15 is 0 Å². The third-order valence-corrected chi connectivity index (χ3v) is 10.5. The van der Waals surface area contributed by atoms with E-state index in [0.29, 0.717) is 5.82 Å². The van der Waals surface area contributed by atoms with Gasteiger partial charge in [0.15, 0.2) is 5.82 Å². The highest BCUT2D eigenvalue weighted by Crippen LogP contribution is 2.38. The first-order valence-corrected chi connectivity index (χ1v) is 18.9. The second kappa shape index (κ2) is 14.4. The summed E-state index contributed by atoms with van der Waals surface area (Å²) in [7, 11) is 0. The molecule has 2 aromatic heterocycles. The zero-order chi connectivity index (χ0) is 37.3. The van der Waals surface area contributed by atoms with Gasteiger partial charge >= 0.3 is 0 Å². The van der Waals surface area contributed by atoms with Gasteiger partial charge in [-0.15, -0.1) is 0 Å². The highest BCUT2D eigenvalue weighted by atomic mass is 14.9. The van der Waals surface area contributed by atoms with Gasteiger partial charge in [-0.25, -0.2) is 15.0 Å². The Kier molecular flexibility index (Phi) is 8.51. The van der Waals surface area contributed by atoms with Gasteiger partial charge in [0.2, 0.25) is 0 Å². The van der Waals surface area contributed by atoms with Gasteiger partial charge in [-0.05, 0) is 74.5 Å². The van der Waals surface area contributed by atoms with E-state index in [1.807, 2.05) is 18.2 Å². The number of hydrogen-bond donors (Lipinski definition) is 0. The van der Waals surface area contributed by atoms with Gasteiger partial charge in [-0.2, -0.15) is 0 Å². The third-order valence-electron chi connectivity index (χ3n) is 10.5. The molecule has 0 aliphatic rings. The van der Waals surface area contributed by atoms with Crippen LogP contribution in [0.25, 0.3) is 100 Å². The lowest BCUT2D eigenvalue weighted by molar-refractivity contribution is 1.18. The van der Waals surface area contributed by atoms with Crippen LogP contribution in [0.1, 0.15) is 0 Å². The fourth-order valence-corrected chi connectivity index (χ4v) is 7.63. The zero-order valence-corrected chi connectivity index (χ0v) is 30.5. The summed E-state index contributed by atoms with van der Waals surface area (Å²) in [4.78, 5) is 15.4. The van der Waals surface area contributed by atoms with Crippen LogP contribution in [0.3, 0.4) is 0 Å². The number of pyridine rings is 1. The SMILES string of the molecule is c1ccc(-c2cccc(-c3cc(-c4ccccc4)nc(-c4ccc(-c5ccc6c(ccc7nc(-c8ccccc8)cc(-c8ccccc8)c76)c5)cc4)n3)c2)cc1. The summed E-state index contributed by atoms with van der Waals surface area (Å²) in [5.74, 6) is 0.693. The molecule has 0 atom stereocenters. The molecule has 2 heterocycles. The van der Waals surface area contributed by atoms with E-state index in [1.165, 1.54) is 27.5 Å². The summed E-state index contributed by atoms with van der Waals surface area (Å²) in [6, 6.07) is 74.5. The lowest BCUT2D eigenvalue weighted by atomic mass is 9.93. The summed E-state index contributed by atoms with van der Waals surface area (Å²) < 4.78 is 0. The second-order valence-electron chi connectivity index (χ2n) is 14.0. The van der Waals surface area contributed by atoms with Crippen molar-refractivity contribution < 1.29 is 0 Å². The van der Waals surface area contributed by atoms with E-state index in [4.69, 9.17) is 15.0 Å². The second-order valence-corrected chi connectivity index (χ2v) is 14.0. The molecule has 0 radical (unpaired) electrons. The molecule has 0 saturated heterocycles. The molecule has 10 aromatic rings. The maximum Gasteiger partial charge on any atom is 0.160 e. The van der Waals surface area contributed by atoms with Crippen LogP contribution in [-0.4, -0.2) is 15.0 Å². The van der Waals surface area contributed by atoms with E-state index in [1.54, 1.807) is 0 Å². The van der Waals surface area contributed by atoms with E-state index < -0.39 is 0 Å². The number of benzene rings is 8. The maximum absolute atomic E-state index is 5.16. The van der Waals surface area contributed by atoms with Gasteiger partial charge in [0.1, 0.15) is 0 Å². The fraction of sp³-hybridized carbons (Fsp3) is 0. The first-order valence-electron chi connectivity index (χ1n) is 18.9. The molecule has 3 heteroatoms. The van der Waals surface area contributed by atoms with Crippen molar-refractivity contribution in [3.8, 4) is 78.5 Å². The minimum atomic E-state index is 0.693. The van der Waals surface area contributed by atoms with Gasteiger partial charge in [0.25, 0.3) is 0 Å². The Hall–Kier alpha value is -7.49. The van der Waals surface area contributed by atoms with Crippen molar-refractivity contribution in [1.82, 2.24) is 15.0 Å². The molecule has 0 unspecified atom stereocenters. The van der Waals surface area contributed by atoms with Crippen molar-refractivity contribution in [2.45, 2.75) is 0 Å². The molecule has 0 aliphatic carbocycles. The van der Waals surface area contributed by atoms with Gasteiger partial charge in [0.05, 0.1) is 22.6 Å². The van der Waals surface area contributed by atoms with Crippen LogP contribution in [0, 0.1) is 0 Å². The molecule has 262 valence electrons. The summed E-state index contributed by atoms with van der Waals surface area (Å²) in [6.45, 7) is 0. The van der Waals surface area contributed by atoms with Crippen molar-refractivity contribution in [2.24, 2.45) is 0 Å². The molecule has 0 fully saturated rings. The average Bonchev–Trinajstić information content (AvgIpc) is 3.29. The van der Waals surface area contributed by atoms with Gasteiger partial charge < -0.3 is 0 Å². The van der Waals surface area contributed by atoms with Crippen LogP contribution in [0.15, 0.2) is 212 Å². The van der Waals surface area contributed by atoms with Crippen LogP contribution in [0.2, 0.25) is 0 Å². The smallest absolute Gasteiger partial charge is 0.160 e. The normalized spacial score (nSPS) is 11.2. The van der Waals surface area contributed by atoms with E-state index in [2.05, 4.69) is 194 Å². The number of rotatable bonds is 7. The van der Waals surface area contributed by atoms with Crippen LogP contribution >= 0.6 is 0 Å². The number of nitrogens with zero attached hydrogens (tertiary/aromatic N) is 3. The first-order chi connectivity index (χ1) is 27.7. The van der Waals surface area contributed by atoms with Crippen molar-refractivity contribution in [1.29, 1.82) is 0 Å². The topological polar surface area (TPSA) is 38.7 Å². The first kappa shape index (κ1) is 33.1. The van der Waals surface area contributed by atoms with E-state index in [-0.39, 0.29) is 0 Å². The number of fused-ring (bicyclic) bond motifs is 3. The largest absolute Gasteiger partial charge is 0.248 e. The Morgan fingerprint density at radius 2 is 0.750 bits per heavy atom. The molecule has 0 spiro atoms. The molecule has 0 amide bonds. The minimum absolute atomic E-state index is 0.693. The van der Waals surface area contributed by atoms with Crippen LogP contribution in [0.5, 0.6) is 0 Å². The summed E-state index contributed by atoms with van der Waals surface area (Å²) in [5, 5.41) is 3.52. The van der Waals surface area contributed by atoms with Crippen LogP contribution in [-0.2, 0) is 0 Å². The van der Waals surface area contributed by atoms with Crippen molar-refractivity contribution in [3.05, 3.63) is 212 Å². The Morgan fingerprint density at radius 3 is 1.41 bits per heavy atom. The van der Waals surface area contributed by atoms with Crippen molar-refractivity contribution >= 4 is 21.7 Å². The molecule has 0 aliphatic heterocycles. The Bertz CT molecular complexity index is 2980. The molecular weight excluding hydrogens is 679 g/mol. The fourth-order valence-electron chi connectivity index (χ4n) is 7.63. The Morgan fingerprint density at radius 1 is 0.268 bits per heavy atom. The number of aromatic nitrogens is 3. The zero-order valence-electron chi connectivity index (χ0n) is 30.5. The molecule has 10 rings (SSSR count). The average molecular weight is 714 g/mol. The highest BCUT2D eigenvalue weighted by Gasteiger charge is 2.15. The summed E-state index contributed by atoms with van der Waals surface area (Å²) in [5.41, 5.74) is 14.9. The lowest BCUT2D eigenvalue weighted by Gasteiger charge is -2.14. The predicted octanol–water partition coefficient (Wildman–Crippen LogP) is 13.8. The maximum atomic E-state index is 5.16. The lowest BCUT2D eigenvalue weighted by Crippen LogP contribution is -1.96.